The van der Waals surface area contributed by atoms with Crippen molar-refractivity contribution < 1.29 is 39.0 Å². The number of aliphatic carboxylic acids is 1. The van der Waals surface area contributed by atoms with Crippen molar-refractivity contribution in [2.24, 2.45) is 17.2 Å². The molecule has 0 aliphatic carbocycles. The summed E-state index contributed by atoms with van der Waals surface area (Å²) in [6.45, 7) is -0.950. The van der Waals surface area contributed by atoms with Gasteiger partial charge >= 0.3 is 5.97 Å². The maximum absolute atomic E-state index is 12.8. The molecule has 16 heteroatoms. The zero-order valence-corrected chi connectivity index (χ0v) is 17.3. The average molecular weight is 470 g/mol. The minimum Gasteiger partial charge on any atom is -0.480 e. The Balaban J connectivity index is 3.04. The van der Waals surface area contributed by atoms with Gasteiger partial charge in [-0.15, -0.1) is 0 Å². The van der Waals surface area contributed by atoms with Gasteiger partial charge in [0, 0.05) is 18.3 Å². The summed E-state index contributed by atoms with van der Waals surface area (Å²) in [4.78, 5) is 77.4. The monoisotopic (exact) mass is 470 g/mol. The highest BCUT2D eigenvalue weighted by atomic mass is 16.4. The van der Waals surface area contributed by atoms with Crippen molar-refractivity contribution in [1.29, 1.82) is 0 Å². The van der Waals surface area contributed by atoms with E-state index in [1.54, 1.807) is 0 Å². The Morgan fingerprint density at radius 1 is 0.909 bits per heavy atom. The van der Waals surface area contributed by atoms with Gasteiger partial charge in [0.15, 0.2) is 0 Å². The molecule has 33 heavy (non-hydrogen) atoms. The lowest BCUT2D eigenvalue weighted by molar-refractivity contribution is -0.143. The van der Waals surface area contributed by atoms with Crippen molar-refractivity contribution >= 4 is 35.5 Å². The lowest BCUT2D eigenvalue weighted by atomic mass is 10.1. The number of aliphatic hydroxyl groups excluding tert-OH is 1. The molecule has 1 heterocycles. The van der Waals surface area contributed by atoms with Gasteiger partial charge in [-0.25, -0.2) is 9.78 Å². The fourth-order valence-electron chi connectivity index (χ4n) is 2.55. The maximum atomic E-state index is 12.8. The molecule has 0 radical (unpaired) electrons. The van der Waals surface area contributed by atoms with Crippen LogP contribution in [0, 0.1) is 0 Å². The van der Waals surface area contributed by atoms with E-state index < -0.39 is 79.1 Å². The number of nitrogens with zero attached hydrogens (tertiary/aromatic N) is 1. The Bertz CT molecular complexity index is 874. The van der Waals surface area contributed by atoms with Crippen LogP contribution in [0.4, 0.5) is 0 Å². The van der Waals surface area contributed by atoms with E-state index in [2.05, 4.69) is 20.6 Å². The molecule has 5 amide bonds. The van der Waals surface area contributed by atoms with Crippen molar-refractivity contribution in [3.05, 3.63) is 18.2 Å². The second-order valence-electron chi connectivity index (χ2n) is 6.93. The van der Waals surface area contributed by atoms with Crippen LogP contribution < -0.4 is 33.2 Å². The molecular weight excluding hydrogens is 444 g/mol. The molecule has 1 aromatic rings. The first-order chi connectivity index (χ1) is 15.4. The van der Waals surface area contributed by atoms with E-state index in [-0.39, 0.29) is 6.42 Å². The molecule has 0 aromatic carbocycles. The number of hydrogen-bond donors (Lipinski definition) is 9. The molecule has 0 spiro atoms. The number of nitrogens with two attached hydrogens (primary N) is 3. The van der Waals surface area contributed by atoms with Crippen molar-refractivity contribution in [2.75, 3.05) is 6.61 Å². The largest absolute Gasteiger partial charge is 0.480 e. The minimum absolute atomic E-state index is 0.153. The van der Waals surface area contributed by atoms with Crippen molar-refractivity contribution in [3.63, 3.8) is 0 Å². The topological polar surface area (TPSA) is 286 Å². The van der Waals surface area contributed by atoms with Crippen LogP contribution in [-0.2, 0) is 35.2 Å². The van der Waals surface area contributed by atoms with Gasteiger partial charge in [-0.3, -0.25) is 24.0 Å². The Kier molecular flexibility index (Phi) is 10.4. The van der Waals surface area contributed by atoms with E-state index in [0.717, 1.165) is 0 Å². The number of hydrogen-bond acceptors (Lipinski definition) is 9. The van der Waals surface area contributed by atoms with Gasteiger partial charge in [0.05, 0.1) is 31.8 Å². The Labute approximate surface area is 186 Å². The summed E-state index contributed by atoms with van der Waals surface area (Å²) in [7, 11) is 0. The number of primary amides is 2. The van der Waals surface area contributed by atoms with Gasteiger partial charge in [0.2, 0.25) is 29.5 Å². The molecule has 0 fully saturated rings. The van der Waals surface area contributed by atoms with E-state index in [1.165, 1.54) is 12.5 Å². The van der Waals surface area contributed by atoms with Crippen LogP contribution in [0.3, 0.4) is 0 Å². The van der Waals surface area contributed by atoms with Crippen LogP contribution in [-0.4, -0.2) is 86.5 Å². The Morgan fingerprint density at radius 2 is 1.45 bits per heavy atom. The van der Waals surface area contributed by atoms with Gasteiger partial charge in [-0.1, -0.05) is 0 Å². The van der Waals surface area contributed by atoms with Crippen molar-refractivity contribution in [1.82, 2.24) is 25.9 Å². The molecule has 1 aromatic heterocycles. The summed E-state index contributed by atoms with van der Waals surface area (Å²) in [5.74, 6) is -6.35. The van der Waals surface area contributed by atoms with Crippen molar-refractivity contribution in [2.45, 2.75) is 43.4 Å². The van der Waals surface area contributed by atoms with Gasteiger partial charge in [0.25, 0.3) is 0 Å². The number of imidazole rings is 1. The number of carboxylic acids is 1. The molecule has 4 atom stereocenters. The van der Waals surface area contributed by atoms with Gasteiger partial charge < -0.3 is 48.3 Å². The Hall–Kier alpha value is -4.05. The first kappa shape index (κ1) is 27.0. The number of amides is 5. The van der Waals surface area contributed by atoms with E-state index in [9.17, 15) is 28.8 Å². The third-order valence-electron chi connectivity index (χ3n) is 4.21. The first-order valence-corrected chi connectivity index (χ1v) is 9.48. The predicted octanol–water partition coefficient (Wildman–Crippen LogP) is -5.44. The average Bonchev–Trinajstić information content (AvgIpc) is 3.22. The normalized spacial score (nSPS) is 14.2. The lowest BCUT2D eigenvalue weighted by Gasteiger charge is -2.24. The third kappa shape index (κ3) is 9.32. The molecule has 0 bridgehead atoms. The van der Waals surface area contributed by atoms with Crippen LogP contribution in [0.15, 0.2) is 12.5 Å². The number of aromatic amines is 1. The standard InChI is InChI=1S/C17H26N8O8/c18-8(2-12(19)27)14(29)23-9(1-7-4-21-6-22-7)15(30)24-10(3-13(20)28)16(31)25-11(5-26)17(32)33/h4,6,8-11,26H,1-3,5,18H2,(H2,19,27)(H2,20,28)(H,21,22)(H,23,29)(H,24,30)(H,25,31)(H,32,33). The SMILES string of the molecule is NC(=O)CC(N)C(=O)NC(Cc1cnc[nH]1)C(=O)NC(CC(N)=O)C(=O)NC(CO)C(=O)O. The summed E-state index contributed by atoms with van der Waals surface area (Å²) < 4.78 is 0. The number of H-pyrrole nitrogens is 1. The van der Waals surface area contributed by atoms with E-state index in [1.807, 2.05) is 5.32 Å². The van der Waals surface area contributed by atoms with Crippen LogP contribution in [0.25, 0.3) is 0 Å². The number of carboxylic acid groups (broad SMARTS) is 1. The molecule has 0 aliphatic heterocycles. The molecule has 12 N–H and O–H groups in total. The number of aromatic nitrogens is 2. The lowest BCUT2D eigenvalue weighted by Crippen LogP contribution is -2.58. The first-order valence-electron chi connectivity index (χ1n) is 9.48. The smallest absolute Gasteiger partial charge is 0.328 e. The molecule has 0 aliphatic rings. The zero-order valence-electron chi connectivity index (χ0n) is 17.3. The molecule has 0 saturated heterocycles. The number of carbonyl (C=O) groups is 6. The Morgan fingerprint density at radius 3 is 1.94 bits per heavy atom. The molecule has 16 nitrogen and oxygen atoms in total. The molecular formula is C17H26N8O8. The van der Waals surface area contributed by atoms with Gasteiger partial charge in [-0.2, -0.15) is 0 Å². The highest BCUT2D eigenvalue weighted by Crippen LogP contribution is 2.03. The number of nitrogens with one attached hydrogen (secondary N) is 4. The summed E-state index contributed by atoms with van der Waals surface area (Å²) in [6.07, 6.45) is 1.33. The van der Waals surface area contributed by atoms with Crippen LogP contribution >= 0.6 is 0 Å². The highest BCUT2D eigenvalue weighted by molar-refractivity contribution is 5.96. The van der Waals surface area contributed by atoms with Gasteiger partial charge in [-0.05, 0) is 0 Å². The van der Waals surface area contributed by atoms with Crippen LogP contribution in [0.2, 0.25) is 0 Å². The molecule has 4 unspecified atom stereocenters. The summed E-state index contributed by atoms with van der Waals surface area (Å²) in [6, 6.07) is -6.03. The molecule has 182 valence electrons. The second-order valence-corrected chi connectivity index (χ2v) is 6.93. The number of rotatable bonds is 14. The van der Waals surface area contributed by atoms with Crippen molar-refractivity contribution in [3.8, 4) is 0 Å². The third-order valence-corrected chi connectivity index (χ3v) is 4.21. The second kappa shape index (κ2) is 12.7. The summed E-state index contributed by atoms with van der Waals surface area (Å²) in [5.41, 5.74) is 16.1. The summed E-state index contributed by atoms with van der Waals surface area (Å²) in [5, 5.41) is 24.5. The molecule has 1 rings (SSSR count). The zero-order chi connectivity index (χ0) is 25.1. The van der Waals surface area contributed by atoms with Crippen LogP contribution in [0.5, 0.6) is 0 Å². The fraction of sp³-hybridized carbons (Fsp3) is 0.471. The maximum Gasteiger partial charge on any atom is 0.328 e. The number of carbonyl (C=O) groups excluding carboxylic acids is 5. The fourth-order valence-corrected chi connectivity index (χ4v) is 2.55. The number of aliphatic hydroxyl groups is 1. The van der Waals surface area contributed by atoms with Gasteiger partial charge in [0.1, 0.15) is 18.1 Å². The molecule has 0 saturated carbocycles. The summed E-state index contributed by atoms with van der Waals surface area (Å²) >= 11 is 0. The minimum atomic E-state index is -1.70. The quantitative estimate of drug-likeness (QED) is 0.124. The predicted molar refractivity (Wildman–Crippen MR) is 108 cm³/mol. The highest BCUT2D eigenvalue weighted by Gasteiger charge is 2.31. The van der Waals surface area contributed by atoms with Crippen LogP contribution in [0.1, 0.15) is 18.5 Å². The van der Waals surface area contributed by atoms with E-state index in [0.29, 0.717) is 5.69 Å². The van der Waals surface area contributed by atoms with E-state index >= 15 is 0 Å². The van der Waals surface area contributed by atoms with E-state index in [4.69, 9.17) is 27.4 Å².